The van der Waals surface area contributed by atoms with Crippen LogP contribution in [0.15, 0.2) is 69.8 Å². The molecule has 2 atom stereocenters. The average Bonchev–Trinajstić information content (AvgIpc) is 3.80. The lowest BCUT2D eigenvalue weighted by atomic mass is 9.96. The smallest absolute Gasteiger partial charge is 0.262 e. The number of amides is 6. The molecule has 16 nitrogen and oxygen atoms in total. The molecule has 4 aliphatic heterocycles. The van der Waals surface area contributed by atoms with Gasteiger partial charge in [-0.25, -0.2) is 0 Å². The number of hydrogen-bond donors (Lipinski definition) is 3. The Hall–Kier alpha value is -6.72. The van der Waals surface area contributed by atoms with Gasteiger partial charge >= 0.3 is 0 Å². The molecule has 9 rings (SSSR count). The maximum atomic E-state index is 13.4. The maximum Gasteiger partial charge on any atom is 0.262 e. The summed E-state index contributed by atoms with van der Waals surface area (Å²) < 4.78 is 1.99. The Balaban J connectivity index is 0.853. The molecule has 1 saturated heterocycles. The van der Waals surface area contributed by atoms with Crippen LogP contribution in [-0.4, -0.2) is 80.0 Å². The number of halogens is 1. The van der Waals surface area contributed by atoms with Crippen LogP contribution in [-0.2, 0) is 27.2 Å². The number of rotatable bonds is 8. The van der Waals surface area contributed by atoms with Crippen molar-refractivity contribution in [2.45, 2.75) is 65.0 Å². The molecule has 0 bridgehead atoms. The highest BCUT2D eigenvalue weighted by atomic mass is 35.5. The van der Waals surface area contributed by atoms with Gasteiger partial charge in [0.15, 0.2) is 5.82 Å². The molecule has 0 radical (unpaired) electrons. The largest absolute Gasteiger partial charge is 0.354 e. The van der Waals surface area contributed by atoms with Gasteiger partial charge in [-0.05, 0) is 93.1 Å². The number of carbonyl (C=O) groups excluding carboxylic acids is 6. The third kappa shape index (κ3) is 7.22. The molecule has 4 aliphatic rings. The maximum absolute atomic E-state index is 13.4. The van der Waals surface area contributed by atoms with Crippen molar-refractivity contribution in [1.29, 1.82) is 0 Å². The van der Waals surface area contributed by atoms with Crippen molar-refractivity contribution in [2.24, 2.45) is 15.2 Å². The summed E-state index contributed by atoms with van der Waals surface area (Å²) in [5.74, 6) is -1.73. The molecule has 18 heteroatoms. The zero-order chi connectivity index (χ0) is 42.7. The van der Waals surface area contributed by atoms with E-state index in [2.05, 4.69) is 50.2 Å². The Morgan fingerprint density at radius 3 is 2.31 bits per heavy atom. The van der Waals surface area contributed by atoms with Gasteiger partial charge in [-0.1, -0.05) is 29.8 Å². The van der Waals surface area contributed by atoms with Crippen molar-refractivity contribution in [3.05, 3.63) is 121 Å². The van der Waals surface area contributed by atoms with Gasteiger partial charge in [-0.15, -0.1) is 21.5 Å². The Labute approximate surface area is 357 Å². The van der Waals surface area contributed by atoms with E-state index >= 15 is 0 Å². The standard InChI is InChI=1S/C43H37ClN10O6S/c1-20-21(2)61-43-36(20)37(24-8-10-27(44)11-9-24)47-32(38-52-49-22(3)53(38)43)19-35(56)45-14-15-46-39(57)26-7-5-23-4-6-25-16-28-29(18-31(25)51-50-30(23)17-26)42(60)54(41(28)59)33-12-13-34(55)48-40(33)58/h5,7-11,16-18,32-33H,4,6,12-15,19H2,1-3H3,(H,45,56)(H,46,57)(H,48,55,58)/t32-,33?/m0/s1. The lowest BCUT2D eigenvalue weighted by Gasteiger charge is -2.27. The van der Waals surface area contributed by atoms with Crippen LogP contribution in [0.1, 0.15) is 101 Å². The number of aliphatic imine (C=N–C) groups is 1. The van der Waals surface area contributed by atoms with Gasteiger partial charge < -0.3 is 10.6 Å². The molecule has 3 N–H and O–H groups in total. The summed E-state index contributed by atoms with van der Waals surface area (Å²) in [7, 11) is 0. The molecular weight excluding hydrogens is 820 g/mol. The minimum atomic E-state index is -1.08. The van der Waals surface area contributed by atoms with E-state index in [1.54, 1.807) is 35.6 Å². The third-order valence-corrected chi connectivity index (χ3v) is 12.8. The summed E-state index contributed by atoms with van der Waals surface area (Å²) >= 11 is 7.86. The lowest BCUT2D eigenvalue weighted by molar-refractivity contribution is -0.136. The summed E-state index contributed by atoms with van der Waals surface area (Å²) in [6.45, 7) is 6.33. The minimum Gasteiger partial charge on any atom is -0.354 e. The monoisotopic (exact) mass is 856 g/mol. The number of piperidine rings is 1. The van der Waals surface area contributed by atoms with E-state index in [-0.39, 0.29) is 55.3 Å². The summed E-state index contributed by atoms with van der Waals surface area (Å²) in [4.78, 5) is 84.9. The highest BCUT2D eigenvalue weighted by molar-refractivity contribution is 7.15. The van der Waals surface area contributed by atoms with Gasteiger partial charge in [-0.3, -0.25) is 48.5 Å². The molecule has 2 aromatic heterocycles. The number of imide groups is 2. The highest BCUT2D eigenvalue weighted by Gasteiger charge is 2.45. The van der Waals surface area contributed by atoms with Gasteiger partial charge in [0.2, 0.25) is 17.7 Å². The lowest BCUT2D eigenvalue weighted by Crippen LogP contribution is -2.54. The number of thiophene rings is 1. The van der Waals surface area contributed by atoms with E-state index in [1.165, 1.54) is 6.07 Å². The van der Waals surface area contributed by atoms with Crippen LogP contribution < -0.4 is 16.0 Å². The molecule has 0 aliphatic carbocycles. The second kappa shape index (κ2) is 15.7. The van der Waals surface area contributed by atoms with Gasteiger partial charge in [0, 0.05) is 46.1 Å². The number of hydrogen-bond acceptors (Lipinski definition) is 12. The quantitative estimate of drug-likeness (QED) is 0.131. The van der Waals surface area contributed by atoms with E-state index < -0.39 is 35.7 Å². The normalized spacial score (nSPS) is 17.8. The summed E-state index contributed by atoms with van der Waals surface area (Å²) in [6.07, 6.45) is 1.07. The Bertz CT molecular complexity index is 2810. The molecule has 6 amide bonds. The van der Waals surface area contributed by atoms with E-state index in [9.17, 15) is 28.8 Å². The Kier molecular flexibility index (Phi) is 10.2. The molecule has 3 aromatic carbocycles. The van der Waals surface area contributed by atoms with Crippen LogP contribution in [0, 0.1) is 20.8 Å². The van der Waals surface area contributed by atoms with Gasteiger partial charge in [0.05, 0.1) is 34.6 Å². The second-order valence-corrected chi connectivity index (χ2v) is 16.9. The number of nitrogens with zero attached hydrogens (tertiary/aromatic N) is 7. The molecule has 1 unspecified atom stereocenters. The number of nitrogens with one attached hydrogen (secondary N) is 3. The summed E-state index contributed by atoms with van der Waals surface area (Å²) in [5, 5.41) is 27.2. The van der Waals surface area contributed by atoms with Crippen LogP contribution in [0.5, 0.6) is 0 Å². The number of aryl methyl sites for hydroxylation is 4. The zero-order valence-electron chi connectivity index (χ0n) is 33.2. The van der Waals surface area contributed by atoms with Crippen LogP contribution in [0.2, 0.25) is 5.02 Å². The number of azo groups is 1. The van der Waals surface area contributed by atoms with E-state index in [0.717, 1.165) is 42.7 Å². The van der Waals surface area contributed by atoms with Crippen LogP contribution in [0.3, 0.4) is 0 Å². The van der Waals surface area contributed by atoms with Crippen molar-refractivity contribution in [3.8, 4) is 5.00 Å². The van der Waals surface area contributed by atoms with E-state index in [4.69, 9.17) is 16.6 Å². The van der Waals surface area contributed by atoms with E-state index in [0.29, 0.717) is 52.0 Å². The number of aromatic nitrogens is 3. The summed E-state index contributed by atoms with van der Waals surface area (Å²) in [5.41, 5.74) is 6.71. The fourth-order valence-electron chi connectivity index (χ4n) is 8.09. The van der Waals surface area contributed by atoms with Crippen molar-refractivity contribution < 1.29 is 28.8 Å². The first kappa shape index (κ1) is 39.7. The third-order valence-electron chi connectivity index (χ3n) is 11.4. The minimum absolute atomic E-state index is 0.000459. The molecule has 5 aromatic rings. The van der Waals surface area contributed by atoms with Crippen molar-refractivity contribution >= 4 is 75.5 Å². The van der Waals surface area contributed by atoms with Crippen molar-refractivity contribution in [1.82, 2.24) is 35.6 Å². The first-order valence-corrected chi connectivity index (χ1v) is 20.9. The van der Waals surface area contributed by atoms with Crippen LogP contribution >= 0.6 is 22.9 Å². The highest BCUT2D eigenvalue weighted by Crippen LogP contribution is 2.40. The van der Waals surface area contributed by atoms with Gasteiger partial charge in [0.1, 0.15) is 22.9 Å². The van der Waals surface area contributed by atoms with Crippen molar-refractivity contribution in [3.63, 3.8) is 0 Å². The number of fused-ring (bicyclic) bond motifs is 6. The first-order chi connectivity index (χ1) is 29.4. The second-order valence-electron chi connectivity index (χ2n) is 15.2. The molecule has 308 valence electrons. The topological polar surface area (TPSA) is 210 Å². The molecule has 6 heterocycles. The Morgan fingerprint density at radius 1 is 0.852 bits per heavy atom. The Morgan fingerprint density at radius 2 is 1.56 bits per heavy atom. The fourth-order valence-corrected chi connectivity index (χ4v) is 9.43. The molecule has 0 spiro atoms. The van der Waals surface area contributed by atoms with Crippen LogP contribution in [0.25, 0.3) is 5.00 Å². The molecule has 0 saturated carbocycles. The molecule has 1 fully saturated rings. The number of carbonyl (C=O) groups is 6. The number of benzene rings is 3. The average molecular weight is 857 g/mol. The zero-order valence-corrected chi connectivity index (χ0v) is 34.7. The fraction of sp³-hybridized carbons (Fsp3) is 0.279. The predicted octanol–water partition coefficient (Wildman–Crippen LogP) is 5.65. The SMILES string of the molecule is Cc1sc2c(c1C)C(c1ccc(Cl)cc1)=N[C@@H](CC(=O)NCCNC(=O)c1ccc3c(c1)N=Nc1cc4c(cc1CC3)C(=O)N(C1CCC(=O)NC1=O)C4=O)c1nnc(C)n1-2. The van der Waals surface area contributed by atoms with Crippen LogP contribution in [0.4, 0.5) is 11.4 Å². The van der Waals surface area contributed by atoms with Gasteiger partial charge in [0.25, 0.3) is 17.7 Å². The molecular formula is C43H37ClN10O6S. The van der Waals surface area contributed by atoms with Gasteiger partial charge in [-0.2, -0.15) is 10.2 Å². The van der Waals surface area contributed by atoms with E-state index in [1.807, 2.05) is 35.8 Å². The summed E-state index contributed by atoms with van der Waals surface area (Å²) in [6, 6.07) is 14.0. The molecule has 61 heavy (non-hydrogen) atoms. The predicted molar refractivity (Wildman–Crippen MR) is 224 cm³/mol. The first-order valence-electron chi connectivity index (χ1n) is 19.7. The van der Waals surface area contributed by atoms with Crippen molar-refractivity contribution in [2.75, 3.05) is 13.1 Å².